The lowest BCUT2D eigenvalue weighted by Gasteiger charge is -2.03. The molecule has 0 spiro atoms. The number of rotatable bonds is 0. The van der Waals surface area contributed by atoms with Crippen molar-refractivity contribution in [3.63, 3.8) is 0 Å². The molecule has 0 amide bonds. The monoisotopic (exact) mass is 200 g/mol. The third-order valence-electron chi connectivity index (χ3n) is 1.58. The molecule has 0 heterocycles. The highest BCUT2D eigenvalue weighted by molar-refractivity contribution is 6.83. The van der Waals surface area contributed by atoms with E-state index in [4.69, 9.17) is 0 Å². The van der Waals surface area contributed by atoms with Crippen LogP contribution in [0.4, 0.5) is 0 Å². The smallest absolute Gasteiger partial charge is 0.127 e. The van der Waals surface area contributed by atoms with Crippen molar-refractivity contribution in [1.82, 2.24) is 0 Å². The second-order valence-corrected chi connectivity index (χ2v) is 9.00. The minimum Gasteiger partial charge on any atom is -0.127 e. The van der Waals surface area contributed by atoms with Gasteiger partial charge in [-0.1, -0.05) is 55.9 Å². The third-order valence-corrected chi connectivity index (χ3v) is 2.45. The van der Waals surface area contributed by atoms with Gasteiger partial charge in [0.05, 0.1) is 0 Å². The molecule has 0 unspecified atom stereocenters. The quantitative estimate of drug-likeness (QED) is 0.415. The summed E-state index contributed by atoms with van der Waals surface area (Å²) < 4.78 is 0. The van der Waals surface area contributed by atoms with Gasteiger partial charge in [0.15, 0.2) is 0 Å². The van der Waals surface area contributed by atoms with Crippen molar-refractivity contribution >= 4 is 8.07 Å². The minimum absolute atomic E-state index is 1.09. The first-order chi connectivity index (χ1) is 6.58. The molecule has 0 aromatic heterocycles. The SMILES string of the molecule is C[Si](C)(C)C#CC1=C/C=C\C=C/C=C\1. The highest BCUT2D eigenvalue weighted by Gasteiger charge is 2.07. The van der Waals surface area contributed by atoms with Crippen molar-refractivity contribution < 1.29 is 0 Å². The van der Waals surface area contributed by atoms with E-state index in [1.165, 1.54) is 0 Å². The van der Waals surface area contributed by atoms with Crippen LogP contribution in [-0.4, -0.2) is 8.07 Å². The van der Waals surface area contributed by atoms with E-state index in [0.29, 0.717) is 0 Å². The summed E-state index contributed by atoms with van der Waals surface area (Å²) in [6.07, 6.45) is 14.2. The molecule has 0 aromatic rings. The Bertz CT molecular complexity index is 362. The Morgan fingerprint density at radius 2 is 1.57 bits per heavy atom. The van der Waals surface area contributed by atoms with Gasteiger partial charge in [-0.3, -0.25) is 0 Å². The zero-order valence-corrected chi connectivity index (χ0v) is 10.0. The van der Waals surface area contributed by atoms with E-state index in [9.17, 15) is 0 Å². The van der Waals surface area contributed by atoms with Crippen molar-refractivity contribution in [2.75, 3.05) is 0 Å². The average molecular weight is 200 g/mol. The molecule has 0 bridgehead atoms. The van der Waals surface area contributed by atoms with E-state index in [-0.39, 0.29) is 0 Å². The lowest BCUT2D eigenvalue weighted by molar-refractivity contribution is 1.70. The fourth-order valence-electron chi connectivity index (χ4n) is 0.909. The largest absolute Gasteiger partial charge is 0.129 e. The van der Waals surface area contributed by atoms with Gasteiger partial charge in [-0.05, 0) is 12.2 Å². The Hall–Kier alpha value is -1.26. The van der Waals surface area contributed by atoms with Crippen molar-refractivity contribution in [1.29, 1.82) is 0 Å². The summed E-state index contributed by atoms with van der Waals surface area (Å²) in [7, 11) is -1.25. The second kappa shape index (κ2) is 4.83. The van der Waals surface area contributed by atoms with Crippen LogP contribution in [0.3, 0.4) is 0 Å². The molecule has 1 heteroatoms. The first-order valence-corrected chi connectivity index (χ1v) is 8.33. The van der Waals surface area contributed by atoms with E-state index in [1.54, 1.807) is 0 Å². The van der Waals surface area contributed by atoms with E-state index in [2.05, 4.69) is 31.1 Å². The van der Waals surface area contributed by atoms with Crippen LogP contribution >= 0.6 is 0 Å². The topological polar surface area (TPSA) is 0 Å². The Balaban J connectivity index is 2.82. The van der Waals surface area contributed by atoms with E-state index < -0.39 is 8.07 Å². The van der Waals surface area contributed by atoms with E-state index in [1.807, 2.05) is 42.5 Å². The van der Waals surface area contributed by atoms with Crippen molar-refractivity contribution in [2.24, 2.45) is 0 Å². The highest BCUT2D eigenvalue weighted by atomic mass is 28.3. The summed E-state index contributed by atoms with van der Waals surface area (Å²) in [5, 5.41) is 0. The second-order valence-electron chi connectivity index (χ2n) is 4.25. The lowest BCUT2D eigenvalue weighted by Crippen LogP contribution is -2.16. The van der Waals surface area contributed by atoms with Crippen LogP contribution in [0.1, 0.15) is 0 Å². The summed E-state index contributed by atoms with van der Waals surface area (Å²) in [4.78, 5) is 0. The first-order valence-electron chi connectivity index (χ1n) is 4.83. The molecule has 0 N–H and O–H groups in total. The Morgan fingerprint density at radius 1 is 0.929 bits per heavy atom. The Morgan fingerprint density at radius 3 is 2.29 bits per heavy atom. The summed E-state index contributed by atoms with van der Waals surface area (Å²) in [5.41, 5.74) is 4.44. The molecule has 1 aliphatic rings. The van der Waals surface area contributed by atoms with Crippen molar-refractivity contribution in [3.8, 4) is 11.5 Å². The molecule has 0 nitrogen and oxygen atoms in total. The predicted octanol–water partition coefficient (Wildman–Crippen LogP) is 3.48. The van der Waals surface area contributed by atoms with Gasteiger partial charge in [-0.2, -0.15) is 0 Å². The van der Waals surface area contributed by atoms with Crippen LogP contribution in [0, 0.1) is 11.5 Å². The molecule has 0 fully saturated rings. The van der Waals surface area contributed by atoms with Crippen molar-refractivity contribution in [3.05, 3.63) is 48.1 Å². The molecule has 0 radical (unpaired) electrons. The van der Waals surface area contributed by atoms with Crippen LogP contribution in [-0.2, 0) is 0 Å². The summed E-state index contributed by atoms with van der Waals surface area (Å²) >= 11 is 0. The minimum atomic E-state index is -1.25. The van der Waals surface area contributed by atoms with E-state index >= 15 is 0 Å². The lowest BCUT2D eigenvalue weighted by atomic mass is 10.2. The standard InChI is InChI=1S/C13H16Si/c1-14(2,3)12-11-13-9-7-5-4-6-8-10-13/h4-10H,1-3H3/b5-4-,6-4?,7-5?,8-6-,9-7-,10-8?,13-9?,13-10+. The molecule has 0 aliphatic heterocycles. The molecule has 0 saturated heterocycles. The Kier molecular flexibility index (Phi) is 3.73. The van der Waals surface area contributed by atoms with Gasteiger partial charge < -0.3 is 0 Å². The molecular weight excluding hydrogens is 184 g/mol. The number of allylic oxidation sites excluding steroid dienone is 8. The fourth-order valence-corrected chi connectivity index (χ4v) is 1.43. The molecule has 14 heavy (non-hydrogen) atoms. The number of hydrogen-bond acceptors (Lipinski definition) is 0. The van der Waals surface area contributed by atoms with Gasteiger partial charge in [-0.15, -0.1) is 5.54 Å². The maximum absolute atomic E-state index is 3.35. The van der Waals surface area contributed by atoms with Crippen LogP contribution in [0.5, 0.6) is 0 Å². The summed E-state index contributed by atoms with van der Waals surface area (Å²) in [5.74, 6) is 3.23. The maximum atomic E-state index is 3.35. The molecular formula is C13H16Si. The predicted molar refractivity (Wildman–Crippen MR) is 66.6 cm³/mol. The number of hydrogen-bond donors (Lipinski definition) is 0. The van der Waals surface area contributed by atoms with Gasteiger partial charge in [0.1, 0.15) is 8.07 Å². The Labute approximate surface area is 87.7 Å². The molecule has 1 rings (SSSR count). The molecule has 72 valence electrons. The van der Waals surface area contributed by atoms with Crippen LogP contribution in [0.2, 0.25) is 19.6 Å². The van der Waals surface area contributed by atoms with Gasteiger partial charge in [0, 0.05) is 5.57 Å². The molecule has 0 atom stereocenters. The summed E-state index contributed by atoms with van der Waals surface area (Å²) in [6.45, 7) is 6.76. The normalized spacial score (nSPS) is 25.8. The van der Waals surface area contributed by atoms with Gasteiger partial charge in [0.25, 0.3) is 0 Å². The third kappa shape index (κ3) is 4.69. The fraction of sp³-hybridized carbons (Fsp3) is 0.231. The van der Waals surface area contributed by atoms with Gasteiger partial charge in [0.2, 0.25) is 0 Å². The van der Waals surface area contributed by atoms with Crippen molar-refractivity contribution in [2.45, 2.75) is 19.6 Å². The van der Waals surface area contributed by atoms with Crippen LogP contribution < -0.4 is 0 Å². The van der Waals surface area contributed by atoms with Crippen LogP contribution in [0.15, 0.2) is 48.1 Å². The zero-order valence-electron chi connectivity index (χ0n) is 9.04. The summed E-state index contributed by atoms with van der Waals surface area (Å²) in [6, 6.07) is 0. The molecule has 1 aliphatic carbocycles. The van der Waals surface area contributed by atoms with E-state index in [0.717, 1.165) is 5.57 Å². The highest BCUT2D eigenvalue weighted by Crippen LogP contribution is 2.02. The average Bonchev–Trinajstić information content (AvgIpc) is 2.00. The first kappa shape index (κ1) is 10.8. The maximum Gasteiger partial charge on any atom is 0.129 e. The van der Waals surface area contributed by atoms with Gasteiger partial charge in [-0.25, -0.2) is 0 Å². The molecule has 0 aromatic carbocycles. The zero-order chi connectivity index (χ0) is 10.4. The van der Waals surface area contributed by atoms with Crippen LogP contribution in [0.25, 0.3) is 0 Å². The molecule has 0 saturated carbocycles. The van der Waals surface area contributed by atoms with Gasteiger partial charge >= 0.3 is 0 Å².